The number of anilines is 4. The Morgan fingerprint density at radius 1 is 0.303 bits per heavy atom. The Bertz CT molecular complexity index is 2400. The molecule has 10 heteroatoms. The van der Waals surface area contributed by atoms with Gasteiger partial charge in [-0.15, -0.1) is 0 Å². The lowest BCUT2D eigenvalue weighted by Crippen LogP contribution is -2.27. The fourth-order valence-corrected chi connectivity index (χ4v) is 9.86. The molecule has 0 heterocycles. The van der Waals surface area contributed by atoms with Crippen molar-refractivity contribution in [1.82, 2.24) is 9.15 Å². The Hall–Kier alpha value is -7.14. The molecule has 0 saturated carbocycles. The zero-order valence-corrected chi connectivity index (χ0v) is 47.7. The van der Waals surface area contributed by atoms with Crippen molar-refractivity contribution < 1.29 is 0 Å². The molecule has 0 aliphatic heterocycles. The van der Waals surface area contributed by atoms with Gasteiger partial charge >= 0.3 is 0 Å². The number of hydrogen-bond donors (Lipinski definition) is 0. The Morgan fingerprint density at radius 3 is 0.645 bits per heavy atom. The van der Waals surface area contributed by atoms with Gasteiger partial charge in [0, 0.05) is 124 Å². The van der Waals surface area contributed by atoms with Gasteiger partial charge in [0.05, 0.1) is 0 Å². The van der Waals surface area contributed by atoms with Gasteiger partial charge in [-0.3, -0.25) is 0 Å². The Kier molecular flexibility index (Phi) is 25.4. The van der Waals surface area contributed by atoms with E-state index in [2.05, 4.69) is 133 Å². The lowest BCUT2D eigenvalue weighted by atomic mass is 10.0. The third-order valence-corrected chi connectivity index (χ3v) is 14.4. The molecule has 10 nitrogen and oxygen atoms in total. The van der Waals surface area contributed by atoms with Gasteiger partial charge in [-0.1, -0.05) is 107 Å². The lowest BCUT2D eigenvalue weighted by molar-refractivity contribution is 0.678. The number of benzene rings is 4. The van der Waals surface area contributed by atoms with Gasteiger partial charge in [0.15, 0.2) is 0 Å². The molecule has 0 spiro atoms. The van der Waals surface area contributed by atoms with E-state index in [1.54, 1.807) is 0 Å². The SMILES string of the molecule is CCCCN(CCCC)c1ccc([N+](=C2C=CC(=[N+](c3ccc(N(CCCC)CCCC)cc3C#N)c3ccc(N(CCCC)CCCC)cc3C#N)C=C2)c2ccc(N(CCCC)CCCC)cc2C#N)c(C#N)c1. The summed E-state index contributed by atoms with van der Waals surface area (Å²) in [6, 6.07) is 35.0. The first-order valence-electron chi connectivity index (χ1n) is 29.1. The van der Waals surface area contributed by atoms with Crippen LogP contribution in [0.25, 0.3) is 0 Å². The monoisotopic (exact) mass is 1020 g/mol. The predicted molar refractivity (Wildman–Crippen MR) is 324 cm³/mol. The van der Waals surface area contributed by atoms with Gasteiger partial charge < -0.3 is 19.6 Å². The van der Waals surface area contributed by atoms with Crippen LogP contribution >= 0.6 is 0 Å². The van der Waals surface area contributed by atoms with E-state index in [9.17, 15) is 21.0 Å². The predicted octanol–water partition coefficient (Wildman–Crippen LogP) is 16.2. The van der Waals surface area contributed by atoms with Gasteiger partial charge in [0.1, 0.15) is 46.5 Å². The summed E-state index contributed by atoms with van der Waals surface area (Å²) >= 11 is 0. The molecule has 0 aromatic heterocycles. The molecule has 0 unspecified atom stereocenters. The number of rotatable bonds is 32. The van der Waals surface area contributed by atoms with E-state index < -0.39 is 0 Å². The van der Waals surface area contributed by atoms with Crippen molar-refractivity contribution in [2.45, 2.75) is 158 Å². The minimum atomic E-state index is 0.512. The maximum atomic E-state index is 11.0. The summed E-state index contributed by atoms with van der Waals surface area (Å²) in [5, 5.41) is 44.2. The maximum absolute atomic E-state index is 11.0. The van der Waals surface area contributed by atoms with Gasteiger partial charge in [-0.25, -0.2) is 0 Å². The average Bonchev–Trinajstić information content (AvgIpc) is 3.46. The van der Waals surface area contributed by atoms with Crippen LogP contribution in [0.2, 0.25) is 0 Å². The number of nitrogens with zero attached hydrogens (tertiary/aromatic N) is 10. The van der Waals surface area contributed by atoms with Crippen molar-refractivity contribution >= 4 is 56.9 Å². The summed E-state index contributed by atoms with van der Waals surface area (Å²) in [4.78, 5) is 9.59. The average molecular weight is 1020 g/mol. The zero-order valence-electron chi connectivity index (χ0n) is 47.7. The Balaban J connectivity index is 1.83. The van der Waals surface area contributed by atoms with Crippen molar-refractivity contribution in [3.05, 3.63) is 119 Å². The summed E-state index contributed by atoms with van der Waals surface area (Å²) in [7, 11) is 0. The first-order chi connectivity index (χ1) is 37.2. The van der Waals surface area contributed by atoms with Crippen LogP contribution in [0, 0.1) is 45.3 Å². The second kappa shape index (κ2) is 32.3. The quantitative estimate of drug-likeness (QED) is 0.0351. The molecule has 400 valence electrons. The van der Waals surface area contributed by atoms with E-state index in [0.717, 1.165) is 189 Å². The van der Waals surface area contributed by atoms with Gasteiger partial charge in [-0.05, 0) is 99.9 Å². The van der Waals surface area contributed by atoms with Crippen LogP contribution in [-0.2, 0) is 0 Å². The zero-order chi connectivity index (χ0) is 54.7. The molecule has 0 radical (unpaired) electrons. The van der Waals surface area contributed by atoms with E-state index >= 15 is 0 Å². The van der Waals surface area contributed by atoms with Crippen molar-refractivity contribution in [3.8, 4) is 24.3 Å². The fourth-order valence-electron chi connectivity index (χ4n) is 9.86. The summed E-state index contributed by atoms with van der Waals surface area (Å²) < 4.78 is 4.11. The smallest absolute Gasteiger partial charge is 0.229 e. The number of nitriles is 4. The van der Waals surface area contributed by atoms with Gasteiger partial charge in [0.25, 0.3) is 0 Å². The first kappa shape index (κ1) is 59.7. The summed E-state index contributed by atoms with van der Waals surface area (Å²) in [6.07, 6.45) is 25.2. The Morgan fingerprint density at radius 2 is 0.487 bits per heavy atom. The Labute approximate surface area is 458 Å². The van der Waals surface area contributed by atoms with Crippen LogP contribution < -0.4 is 28.8 Å². The summed E-state index contributed by atoms with van der Waals surface area (Å²) in [5.74, 6) is 0. The van der Waals surface area contributed by atoms with Crippen LogP contribution in [-0.4, -0.2) is 63.8 Å². The normalized spacial score (nSPS) is 11.7. The highest BCUT2D eigenvalue weighted by Gasteiger charge is 2.31. The third kappa shape index (κ3) is 15.9. The molecule has 0 atom stereocenters. The molecule has 76 heavy (non-hydrogen) atoms. The van der Waals surface area contributed by atoms with Crippen molar-refractivity contribution in [3.63, 3.8) is 0 Å². The molecule has 0 N–H and O–H groups in total. The molecular weight excluding hydrogens is 933 g/mol. The molecule has 4 aromatic carbocycles. The number of allylic oxidation sites excluding steroid dienone is 4. The van der Waals surface area contributed by atoms with Crippen molar-refractivity contribution in [2.24, 2.45) is 0 Å². The molecule has 4 aromatic rings. The minimum absolute atomic E-state index is 0.512. The van der Waals surface area contributed by atoms with Crippen molar-refractivity contribution in [2.75, 3.05) is 72.0 Å². The standard InChI is InChI=1S/C66H88N10/c1-9-17-37-71(38-18-10-2)59-29-33-63(53(45-59)49-67)75(64-34-30-60(46-54(64)50-68)72(39-19-11-3)40-20-12-4)57-25-27-58(28-26-57)76(65-35-31-61(47-55(65)51-69)73(41-21-13-5)42-22-14-6)66-36-32-62(48-56(66)52-70)74(43-23-15-7)44-24-16-8/h25-36,45-48H,9-24,37-44H2,1-8H3/q+2. The second-order valence-corrected chi connectivity index (χ2v) is 20.2. The van der Waals surface area contributed by atoms with E-state index in [-0.39, 0.29) is 0 Å². The number of unbranched alkanes of at least 4 members (excludes halogenated alkanes) is 8. The summed E-state index contributed by atoms with van der Waals surface area (Å²) in [6.45, 7) is 24.9. The van der Waals surface area contributed by atoms with E-state index in [0.29, 0.717) is 45.0 Å². The highest BCUT2D eigenvalue weighted by atomic mass is 15.1. The van der Waals surface area contributed by atoms with Crippen LogP contribution in [0.1, 0.15) is 180 Å². The molecular formula is C66H88N10+2. The van der Waals surface area contributed by atoms with E-state index in [1.807, 2.05) is 72.8 Å². The van der Waals surface area contributed by atoms with Crippen LogP contribution in [0.15, 0.2) is 97.1 Å². The topological polar surface area (TPSA) is 114 Å². The molecule has 5 rings (SSSR count). The first-order valence-corrected chi connectivity index (χ1v) is 29.1. The lowest BCUT2D eigenvalue weighted by Gasteiger charge is -2.25. The van der Waals surface area contributed by atoms with Crippen molar-refractivity contribution in [1.29, 1.82) is 21.0 Å². The highest BCUT2D eigenvalue weighted by molar-refractivity contribution is 6.21. The van der Waals surface area contributed by atoms with Crippen LogP contribution in [0.4, 0.5) is 45.5 Å². The molecule has 1 aliphatic carbocycles. The van der Waals surface area contributed by atoms with Gasteiger partial charge in [0.2, 0.25) is 34.2 Å². The largest absolute Gasteiger partial charge is 0.371 e. The highest BCUT2D eigenvalue weighted by Crippen LogP contribution is 2.36. The molecule has 1 aliphatic rings. The van der Waals surface area contributed by atoms with E-state index in [1.165, 1.54) is 0 Å². The minimum Gasteiger partial charge on any atom is -0.371 e. The third-order valence-electron chi connectivity index (χ3n) is 14.4. The van der Waals surface area contributed by atoms with E-state index in [4.69, 9.17) is 0 Å². The van der Waals surface area contributed by atoms with Crippen LogP contribution in [0.5, 0.6) is 0 Å². The summed E-state index contributed by atoms with van der Waals surface area (Å²) in [5.41, 5.74) is 10.3. The van der Waals surface area contributed by atoms with Crippen LogP contribution in [0.3, 0.4) is 0 Å². The number of hydrogen-bond acceptors (Lipinski definition) is 8. The molecule has 0 amide bonds. The fraction of sp³-hybridized carbons (Fsp3) is 0.485. The molecule has 0 saturated heterocycles. The second-order valence-electron chi connectivity index (χ2n) is 20.2. The van der Waals surface area contributed by atoms with Gasteiger partial charge in [-0.2, -0.15) is 30.2 Å². The molecule has 0 fully saturated rings. The molecule has 0 bridgehead atoms. The maximum Gasteiger partial charge on any atom is 0.229 e.